The van der Waals surface area contributed by atoms with Crippen LogP contribution in [-0.2, 0) is 27.9 Å². The van der Waals surface area contributed by atoms with Gasteiger partial charge >= 0.3 is 5.97 Å². The monoisotopic (exact) mass is 778 g/mol. The van der Waals surface area contributed by atoms with Gasteiger partial charge < -0.3 is 23.1 Å². The number of carbonyl (C=O) groups excluding carboxylic acids is 1. The molecule has 55 heavy (non-hydrogen) atoms. The Labute approximate surface area is 332 Å². The van der Waals surface area contributed by atoms with Crippen molar-refractivity contribution in [3.63, 3.8) is 0 Å². The average Bonchev–Trinajstić information content (AvgIpc) is 3.16. The molecule has 0 bridgehead atoms. The molecular formula is C47H62O6Si2. The van der Waals surface area contributed by atoms with Crippen LogP contribution in [0.3, 0.4) is 0 Å². The minimum atomic E-state index is -3.06. The molecule has 6 nitrogen and oxygen atoms in total. The van der Waals surface area contributed by atoms with Gasteiger partial charge in [0.1, 0.15) is 0 Å². The normalized spacial score (nSPS) is 19.6. The number of rotatable bonds is 15. The maximum atomic E-state index is 13.5. The quantitative estimate of drug-likeness (QED) is 0.0526. The van der Waals surface area contributed by atoms with Crippen LogP contribution in [0.1, 0.15) is 75.2 Å². The van der Waals surface area contributed by atoms with E-state index in [0.29, 0.717) is 26.1 Å². The predicted octanol–water partition coefficient (Wildman–Crippen LogP) is 8.18. The Kier molecular flexibility index (Phi) is 14.3. The van der Waals surface area contributed by atoms with Crippen molar-refractivity contribution < 1.29 is 27.9 Å². The summed E-state index contributed by atoms with van der Waals surface area (Å²) in [6, 6.07) is 43.0. The molecule has 4 aromatic carbocycles. The lowest BCUT2D eigenvalue weighted by Crippen LogP contribution is -2.70. The second-order valence-corrected chi connectivity index (χ2v) is 25.1. The fourth-order valence-electron chi connectivity index (χ4n) is 8.48. The van der Waals surface area contributed by atoms with Crippen LogP contribution in [0.5, 0.6) is 0 Å². The lowest BCUT2D eigenvalue weighted by Gasteiger charge is -2.51. The molecule has 4 aromatic rings. The van der Waals surface area contributed by atoms with Gasteiger partial charge in [0.05, 0.1) is 25.4 Å². The lowest BCUT2D eigenvalue weighted by atomic mass is 9.80. The molecule has 1 aliphatic carbocycles. The standard InChI is InChI=1S/C47H62O6Si2/c1-10-49-36(3)51-35-43-37(33-45(48)50-11-2)32-38(52-54(46(4,5)6,39-24-16-12-17-25-39)40-26-18-13-19-27-40)34-44(43)53-55(47(7,8)9,41-28-20-14-21-29-41)42-30-22-15-23-31-42/h12-31,33,36,38,43-44H,10-11,32,34-35H2,1-9H3/b37-33-. The molecule has 294 valence electrons. The largest absolute Gasteiger partial charge is 0.463 e. The van der Waals surface area contributed by atoms with E-state index in [1.54, 1.807) is 6.08 Å². The molecule has 0 saturated heterocycles. The Balaban J connectivity index is 1.73. The van der Waals surface area contributed by atoms with Gasteiger partial charge in [-0.2, -0.15) is 0 Å². The second-order valence-electron chi connectivity index (χ2n) is 16.6. The number of hydrogen-bond donors (Lipinski definition) is 0. The van der Waals surface area contributed by atoms with Gasteiger partial charge in [-0.1, -0.05) is 168 Å². The molecule has 0 amide bonds. The maximum absolute atomic E-state index is 13.5. The van der Waals surface area contributed by atoms with E-state index in [-0.39, 0.29) is 40.8 Å². The molecule has 0 radical (unpaired) electrons. The Hall–Kier alpha value is -3.64. The number of benzene rings is 4. The topological polar surface area (TPSA) is 63.2 Å². The van der Waals surface area contributed by atoms with Crippen molar-refractivity contribution in [1.82, 2.24) is 0 Å². The smallest absolute Gasteiger partial charge is 0.330 e. The van der Waals surface area contributed by atoms with Crippen LogP contribution >= 0.6 is 0 Å². The Morgan fingerprint density at radius 1 is 0.655 bits per heavy atom. The van der Waals surface area contributed by atoms with Crippen molar-refractivity contribution in [3.05, 3.63) is 133 Å². The van der Waals surface area contributed by atoms with Crippen LogP contribution in [0, 0.1) is 5.92 Å². The van der Waals surface area contributed by atoms with Crippen molar-refractivity contribution in [1.29, 1.82) is 0 Å². The molecule has 0 spiro atoms. The molecule has 1 saturated carbocycles. The van der Waals surface area contributed by atoms with Gasteiger partial charge in [-0.15, -0.1) is 0 Å². The molecule has 1 fully saturated rings. The van der Waals surface area contributed by atoms with E-state index in [1.807, 2.05) is 20.8 Å². The lowest BCUT2D eigenvalue weighted by molar-refractivity contribution is -0.142. The summed E-state index contributed by atoms with van der Waals surface area (Å²) in [4.78, 5) is 13.5. The summed E-state index contributed by atoms with van der Waals surface area (Å²) in [6.07, 6.45) is 1.79. The molecule has 8 heteroatoms. The highest BCUT2D eigenvalue weighted by atomic mass is 28.4. The molecular weight excluding hydrogens is 717 g/mol. The van der Waals surface area contributed by atoms with Crippen molar-refractivity contribution >= 4 is 43.4 Å². The van der Waals surface area contributed by atoms with E-state index < -0.39 is 22.9 Å². The van der Waals surface area contributed by atoms with Crippen LogP contribution in [0.15, 0.2) is 133 Å². The van der Waals surface area contributed by atoms with E-state index in [2.05, 4.69) is 163 Å². The summed E-state index contributed by atoms with van der Waals surface area (Å²) in [5.41, 5.74) is 0.916. The molecule has 5 rings (SSSR count). The zero-order valence-electron chi connectivity index (χ0n) is 34.4. The van der Waals surface area contributed by atoms with E-state index in [1.165, 1.54) is 20.7 Å². The highest BCUT2D eigenvalue weighted by Crippen LogP contribution is 2.45. The number of esters is 1. The van der Waals surface area contributed by atoms with Crippen LogP contribution in [0.2, 0.25) is 10.1 Å². The van der Waals surface area contributed by atoms with Gasteiger partial charge in [0.25, 0.3) is 16.6 Å². The zero-order valence-corrected chi connectivity index (χ0v) is 36.4. The number of hydrogen-bond acceptors (Lipinski definition) is 6. The predicted molar refractivity (Wildman–Crippen MR) is 229 cm³/mol. The van der Waals surface area contributed by atoms with Crippen molar-refractivity contribution in [2.45, 2.75) is 104 Å². The number of ether oxygens (including phenoxy) is 3. The van der Waals surface area contributed by atoms with Gasteiger partial charge in [0, 0.05) is 18.6 Å². The zero-order chi connectivity index (χ0) is 39.7. The highest BCUT2D eigenvalue weighted by molar-refractivity contribution is 7.00. The van der Waals surface area contributed by atoms with E-state index in [0.717, 1.165) is 5.57 Å². The molecule has 0 aliphatic heterocycles. The maximum Gasteiger partial charge on any atom is 0.330 e. The van der Waals surface area contributed by atoms with Crippen molar-refractivity contribution in [2.75, 3.05) is 19.8 Å². The van der Waals surface area contributed by atoms with Crippen LogP contribution in [-0.4, -0.2) is 60.9 Å². The fourth-order valence-corrected chi connectivity index (χ4v) is 17.9. The van der Waals surface area contributed by atoms with Gasteiger partial charge in [-0.25, -0.2) is 4.79 Å². The minimum Gasteiger partial charge on any atom is -0.463 e. The van der Waals surface area contributed by atoms with Gasteiger partial charge in [0.15, 0.2) is 6.29 Å². The summed E-state index contributed by atoms with van der Waals surface area (Å²) in [7, 11) is -6.04. The third kappa shape index (κ3) is 9.50. The highest BCUT2D eigenvalue weighted by Gasteiger charge is 2.56. The molecule has 1 aliphatic rings. The van der Waals surface area contributed by atoms with Crippen LogP contribution in [0.25, 0.3) is 0 Å². The first-order chi connectivity index (χ1) is 26.3. The molecule has 4 atom stereocenters. The fraction of sp³-hybridized carbons (Fsp3) is 0.426. The second kappa shape index (κ2) is 18.5. The third-order valence-corrected chi connectivity index (χ3v) is 21.0. The molecule has 0 aromatic heterocycles. The average molecular weight is 779 g/mol. The first-order valence-electron chi connectivity index (χ1n) is 19.9. The van der Waals surface area contributed by atoms with E-state index in [4.69, 9.17) is 23.1 Å². The van der Waals surface area contributed by atoms with Gasteiger partial charge in [0.2, 0.25) is 0 Å². The Morgan fingerprint density at radius 3 is 1.45 bits per heavy atom. The summed E-state index contributed by atoms with van der Waals surface area (Å²) in [5, 5.41) is 4.32. The van der Waals surface area contributed by atoms with Crippen molar-refractivity contribution in [3.8, 4) is 0 Å². The third-order valence-electron chi connectivity index (χ3n) is 10.9. The summed E-state index contributed by atoms with van der Waals surface area (Å²) < 4.78 is 33.7. The summed E-state index contributed by atoms with van der Waals surface area (Å²) in [6.45, 7) is 20.7. The van der Waals surface area contributed by atoms with Crippen LogP contribution in [0.4, 0.5) is 0 Å². The van der Waals surface area contributed by atoms with Crippen LogP contribution < -0.4 is 20.7 Å². The Morgan fingerprint density at radius 2 is 1.07 bits per heavy atom. The first kappa shape index (κ1) is 42.5. The minimum absolute atomic E-state index is 0.234. The van der Waals surface area contributed by atoms with E-state index in [9.17, 15) is 4.79 Å². The molecule has 4 unspecified atom stereocenters. The molecule has 0 heterocycles. The van der Waals surface area contributed by atoms with Gasteiger partial charge in [-0.3, -0.25) is 0 Å². The van der Waals surface area contributed by atoms with Crippen molar-refractivity contribution in [2.24, 2.45) is 5.92 Å². The van der Waals surface area contributed by atoms with Gasteiger partial charge in [-0.05, 0) is 64.4 Å². The SMILES string of the molecule is CCOC(=O)/C=C1/CC(O[Si](c2ccccc2)(c2ccccc2)C(C)(C)C)CC(O[Si](c2ccccc2)(c2ccccc2)C(C)(C)C)C1COC(C)OCC. The summed E-state index contributed by atoms with van der Waals surface area (Å²) in [5.74, 6) is -0.622. The number of carbonyl (C=O) groups is 1. The van der Waals surface area contributed by atoms with E-state index >= 15 is 0 Å². The Bertz CT molecular complexity index is 1720. The first-order valence-corrected chi connectivity index (χ1v) is 23.8. The summed E-state index contributed by atoms with van der Waals surface area (Å²) >= 11 is 0. The molecule has 0 N–H and O–H groups in total.